The Morgan fingerprint density at radius 3 is 1.67 bits per heavy atom. The van der Waals surface area contributed by atoms with Gasteiger partial charge in [0.1, 0.15) is 35.0 Å². The summed E-state index contributed by atoms with van der Waals surface area (Å²) in [5.41, 5.74) is -2.47. The Morgan fingerprint density at radius 1 is 0.627 bits per heavy atom. The van der Waals surface area contributed by atoms with Gasteiger partial charge in [0, 0.05) is 29.6 Å². The van der Waals surface area contributed by atoms with Gasteiger partial charge in [0.05, 0.1) is 43.7 Å². The van der Waals surface area contributed by atoms with E-state index in [4.69, 9.17) is 14.2 Å². The first-order valence-corrected chi connectivity index (χ1v) is 14.4. The molecule has 19 nitrogen and oxygen atoms in total. The van der Waals surface area contributed by atoms with Gasteiger partial charge in [-0.1, -0.05) is 18.2 Å². The van der Waals surface area contributed by atoms with Crippen molar-refractivity contribution in [3.05, 3.63) is 137 Å². The number of nitrogens with one attached hydrogen (secondary N) is 3. The highest BCUT2D eigenvalue weighted by atomic mass is 16.6. The Bertz CT molecular complexity index is 2280. The fraction of sp³-hybridized carbons (Fsp3) is 0.0312. The van der Waals surface area contributed by atoms with Crippen molar-refractivity contribution >= 4 is 62.8 Å². The summed E-state index contributed by atoms with van der Waals surface area (Å²) in [6, 6.07) is 20.0. The van der Waals surface area contributed by atoms with Crippen LogP contribution in [0, 0.1) is 40.5 Å². The Labute approximate surface area is 284 Å². The molecule has 0 spiro atoms. The number of methoxy groups -OCH3 is 1. The first kappa shape index (κ1) is 33.1. The van der Waals surface area contributed by atoms with E-state index < -0.39 is 59.9 Å². The largest absolute Gasteiger partial charge is 0.465 e. The van der Waals surface area contributed by atoms with Crippen molar-refractivity contribution in [3.63, 3.8) is 0 Å². The number of esters is 1. The highest BCUT2D eigenvalue weighted by Crippen LogP contribution is 2.46. The molecular formula is C32H21N7O12. The molecule has 5 aromatic carbocycles. The maximum atomic E-state index is 12.6. The van der Waals surface area contributed by atoms with Gasteiger partial charge in [0.15, 0.2) is 0 Å². The van der Waals surface area contributed by atoms with Gasteiger partial charge in [0.2, 0.25) is 11.5 Å². The number of nitro groups is 4. The Hall–Kier alpha value is -7.83. The Kier molecular flexibility index (Phi) is 8.66. The third-order valence-electron chi connectivity index (χ3n) is 7.32. The molecule has 0 amide bonds. The van der Waals surface area contributed by atoms with E-state index >= 15 is 0 Å². The highest BCUT2D eigenvalue weighted by Gasteiger charge is 2.30. The Balaban J connectivity index is 1.64. The predicted molar refractivity (Wildman–Crippen MR) is 180 cm³/mol. The van der Waals surface area contributed by atoms with Crippen LogP contribution in [0.5, 0.6) is 23.0 Å². The number of nitrogens with zero attached hydrogens (tertiary/aromatic N) is 4. The normalized spacial score (nSPS) is 11.4. The molecule has 51 heavy (non-hydrogen) atoms. The number of anilines is 6. The molecule has 0 saturated carbocycles. The summed E-state index contributed by atoms with van der Waals surface area (Å²) in [5.74, 6) is -2.46. The van der Waals surface area contributed by atoms with Gasteiger partial charge in [0.25, 0.3) is 11.4 Å². The van der Waals surface area contributed by atoms with Crippen molar-refractivity contribution < 1.29 is 38.7 Å². The van der Waals surface area contributed by atoms with Crippen molar-refractivity contribution in [2.24, 2.45) is 0 Å². The lowest BCUT2D eigenvalue weighted by Gasteiger charge is -2.18. The molecule has 1 aliphatic rings. The lowest BCUT2D eigenvalue weighted by molar-refractivity contribution is -0.394. The minimum atomic E-state index is -0.919. The molecule has 19 heteroatoms. The summed E-state index contributed by atoms with van der Waals surface area (Å²) < 4.78 is 16.4. The Morgan fingerprint density at radius 2 is 1.16 bits per heavy atom. The number of hydrogen-bond donors (Lipinski definition) is 3. The molecule has 0 unspecified atom stereocenters. The minimum absolute atomic E-state index is 0.148. The summed E-state index contributed by atoms with van der Waals surface area (Å²) in [6.07, 6.45) is 0. The molecule has 0 atom stereocenters. The lowest BCUT2D eigenvalue weighted by atomic mass is 10.1. The minimum Gasteiger partial charge on any atom is -0.465 e. The molecule has 5 aromatic rings. The van der Waals surface area contributed by atoms with Crippen LogP contribution in [0.1, 0.15) is 10.4 Å². The number of fused-ring (bicyclic) bond motifs is 8. The summed E-state index contributed by atoms with van der Waals surface area (Å²) in [4.78, 5) is 57.6. The average Bonchev–Trinajstić information content (AvgIpc) is 3.08. The smallest absolute Gasteiger partial charge is 0.338 e. The predicted octanol–water partition coefficient (Wildman–Crippen LogP) is 8.23. The first-order valence-electron chi connectivity index (χ1n) is 14.4. The van der Waals surface area contributed by atoms with Crippen molar-refractivity contribution in [2.45, 2.75) is 0 Å². The van der Waals surface area contributed by atoms with E-state index in [0.717, 1.165) is 37.4 Å². The first-order chi connectivity index (χ1) is 24.4. The van der Waals surface area contributed by atoms with Crippen LogP contribution in [0.25, 0.3) is 0 Å². The molecule has 1 aliphatic heterocycles. The van der Waals surface area contributed by atoms with Crippen LogP contribution in [0.4, 0.5) is 56.9 Å². The molecule has 1 heterocycles. The topological polar surface area (TPSA) is 253 Å². The van der Waals surface area contributed by atoms with Crippen LogP contribution < -0.4 is 25.4 Å². The maximum absolute atomic E-state index is 12.6. The van der Waals surface area contributed by atoms with Crippen molar-refractivity contribution in [1.82, 2.24) is 0 Å². The van der Waals surface area contributed by atoms with Crippen LogP contribution in [0.15, 0.2) is 91.0 Å². The molecule has 0 aromatic heterocycles. The van der Waals surface area contributed by atoms with E-state index in [0.29, 0.717) is 23.5 Å². The van der Waals surface area contributed by atoms with Crippen LogP contribution in [-0.2, 0) is 4.74 Å². The summed E-state index contributed by atoms with van der Waals surface area (Å²) >= 11 is 0. The van der Waals surface area contributed by atoms with E-state index in [9.17, 15) is 45.3 Å². The number of carbonyl (C=O) groups excluding carboxylic acids is 1. The van der Waals surface area contributed by atoms with E-state index in [1.165, 1.54) is 12.1 Å². The third kappa shape index (κ3) is 6.92. The van der Waals surface area contributed by atoms with Crippen molar-refractivity contribution in [3.8, 4) is 23.0 Å². The maximum Gasteiger partial charge on any atom is 0.338 e. The van der Waals surface area contributed by atoms with Gasteiger partial charge in [-0.3, -0.25) is 40.5 Å². The highest BCUT2D eigenvalue weighted by molar-refractivity contribution is 5.91. The van der Waals surface area contributed by atoms with E-state index in [1.807, 2.05) is 0 Å². The molecule has 6 rings (SSSR count). The zero-order chi connectivity index (χ0) is 36.4. The van der Waals surface area contributed by atoms with Crippen molar-refractivity contribution in [2.75, 3.05) is 23.1 Å². The van der Waals surface area contributed by atoms with Crippen LogP contribution in [-0.4, -0.2) is 32.8 Å². The number of benzene rings is 5. The van der Waals surface area contributed by atoms with Gasteiger partial charge >= 0.3 is 17.3 Å². The molecular weight excluding hydrogens is 674 g/mol. The molecule has 8 bridgehead atoms. The fourth-order valence-corrected chi connectivity index (χ4v) is 5.06. The number of rotatable bonds is 7. The summed E-state index contributed by atoms with van der Waals surface area (Å²) in [7, 11) is 1.07. The van der Waals surface area contributed by atoms with Crippen LogP contribution >= 0.6 is 0 Å². The standard InChI is InChI=1S/C32H21N7O12/c1-49-32(40)17-9-20-12-21(10-17)51-31-14-25(27(37(43)44)16-29(31)39(47)48)35-23-11-19(7-8-22(23)33-18-5-3-2-4-6-18)34-24-13-30(50-20)28(38(45)46)15-26(24)36(41)42/h2-16,33-35H,1H3. The molecule has 0 aliphatic carbocycles. The third-order valence-corrected chi connectivity index (χ3v) is 7.32. The second-order valence-corrected chi connectivity index (χ2v) is 10.6. The summed E-state index contributed by atoms with van der Waals surface area (Å²) in [5, 5.41) is 57.4. The fourth-order valence-electron chi connectivity index (χ4n) is 5.06. The molecule has 0 fully saturated rings. The molecule has 0 radical (unpaired) electrons. The van der Waals surface area contributed by atoms with E-state index in [1.54, 1.807) is 36.4 Å². The molecule has 0 saturated heterocycles. The zero-order valence-corrected chi connectivity index (χ0v) is 25.8. The van der Waals surface area contributed by atoms with Crippen LogP contribution in [0.3, 0.4) is 0 Å². The molecule has 256 valence electrons. The van der Waals surface area contributed by atoms with Gasteiger partial charge in [-0.05, 0) is 42.5 Å². The lowest BCUT2D eigenvalue weighted by Crippen LogP contribution is -2.05. The number of nitro benzene ring substituents is 4. The zero-order valence-electron chi connectivity index (χ0n) is 25.8. The second-order valence-electron chi connectivity index (χ2n) is 10.6. The monoisotopic (exact) mass is 695 g/mol. The number of ether oxygens (including phenoxy) is 3. The summed E-state index contributed by atoms with van der Waals surface area (Å²) in [6.45, 7) is 0. The van der Waals surface area contributed by atoms with Gasteiger partial charge in [-0.25, -0.2) is 4.79 Å². The number of para-hydroxylation sites is 1. The van der Waals surface area contributed by atoms with Gasteiger partial charge < -0.3 is 30.2 Å². The average molecular weight is 696 g/mol. The van der Waals surface area contributed by atoms with Gasteiger partial charge in [-0.2, -0.15) is 0 Å². The van der Waals surface area contributed by atoms with Crippen molar-refractivity contribution in [1.29, 1.82) is 0 Å². The van der Waals surface area contributed by atoms with Crippen LogP contribution in [0.2, 0.25) is 0 Å². The quantitative estimate of drug-likeness (QED) is 0.0807. The molecule has 3 N–H and O–H groups in total. The number of carbonyl (C=O) groups is 1. The van der Waals surface area contributed by atoms with E-state index in [2.05, 4.69) is 16.0 Å². The van der Waals surface area contributed by atoms with E-state index in [-0.39, 0.29) is 39.8 Å². The second kappa shape index (κ2) is 13.4. The van der Waals surface area contributed by atoms with Gasteiger partial charge in [-0.15, -0.1) is 0 Å². The number of hydrogen-bond acceptors (Lipinski definition) is 15. The SMILES string of the molecule is COC(=O)c1cc2cc(c1)Oc1cc(c([N+](=O)[O-])cc1[N+](=O)[O-])Nc1cc(ccc1Nc1ccccc1)Nc1cc(c([N+](=O)[O-])cc1[N+](=O)[O-])O2.